The Labute approximate surface area is 115 Å². The third-order valence-electron chi connectivity index (χ3n) is 2.11. The summed E-state index contributed by atoms with van der Waals surface area (Å²) in [6.45, 7) is 0. The van der Waals surface area contributed by atoms with Crippen molar-refractivity contribution in [2.24, 2.45) is 0 Å². The second-order valence-electron chi connectivity index (χ2n) is 3.40. The van der Waals surface area contributed by atoms with Crippen LogP contribution in [0.5, 0.6) is 5.75 Å². The molecule has 0 bridgehead atoms. The lowest BCUT2D eigenvalue weighted by atomic mass is 10.1. The lowest BCUT2D eigenvalue weighted by Crippen LogP contribution is -2.17. The van der Waals surface area contributed by atoms with E-state index < -0.39 is 6.36 Å². The number of ether oxygens (including phenoxy) is 1. The molecule has 0 atom stereocenters. The van der Waals surface area contributed by atoms with Crippen LogP contribution in [0.2, 0.25) is 0 Å². The van der Waals surface area contributed by atoms with E-state index in [1.165, 1.54) is 12.1 Å². The molecular formula is C12H7F3INO. The zero-order chi connectivity index (χ0) is 13.2. The first-order valence-corrected chi connectivity index (χ1v) is 6.00. The predicted octanol–water partition coefficient (Wildman–Crippen LogP) is 4.25. The summed E-state index contributed by atoms with van der Waals surface area (Å²) in [5, 5.41) is 0. The van der Waals surface area contributed by atoms with Gasteiger partial charge in [-0.15, -0.1) is 13.2 Å². The molecule has 2 nitrogen and oxygen atoms in total. The maximum Gasteiger partial charge on any atom is 0.573 e. The van der Waals surface area contributed by atoms with E-state index in [0.717, 1.165) is 3.57 Å². The standard InChI is InChI=1S/C12H7F3INO/c13-12(14,15)18-8-4-5-10(16)9(7-8)11-3-1-2-6-17-11/h1-7H. The number of alkyl halides is 3. The third kappa shape index (κ3) is 3.34. The zero-order valence-corrected chi connectivity index (χ0v) is 11.1. The van der Waals surface area contributed by atoms with Gasteiger partial charge in [0.05, 0.1) is 5.69 Å². The average molecular weight is 365 g/mol. The molecule has 0 N–H and O–H groups in total. The van der Waals surface area contributed by atoms with Crippen LogP contribution in [0.1, 0.15) is 0 Å². The minimum atomic E-state index is -4.69. The number of nitrogens with zero attached hydrogens (tertiary/aromatic N) is 1. The van der Waals surface area contributed by atoms with Crippen LogP contribution in [-0.2, 0) is 0 Å². The van der Waals surface area contributed by atoms with Crippen LogP contribution in [-0.4, -0.2) is 11.3 Å². The Kier molecular flexibility index (Phi) is 3.74. The van der Waals surface area contributed by atoms with Gasteiger partial charge in [0.2, 0.25) is 0 Å². The molecule has 0 amide bonds. The van der Waals surface area contributed by atoms with Gasteiger partial charge in [0, 0.05) is 15.3 Å². The van der Waals surface area contributed by atoms with E-state index in [2.05, 4.69) is 9.72 Å². The van der Waals surface area contributed by atoms with Crippen LogP contribution in [0.15, 0.2) is 42.6 Å². The molecule has 6 heteroatoms. The van der Waals surface area contributed by atoms with Gasteiger partial charge in [0.1, 0.15) is 5.75 Å². The molecule has 1 aromatic heterocycles. The van der Waals surface area contributed by atoms with E-state index in [-0.39, 0.29) is 5.75 Å². The highest BCUT2D eigenvalue weighted by molar-refractivity contribution is 14.1. The molecule has 1 heterocycles. The minimum absolute atomic E-state index is 0.247. The van der Waals surface area contributed by atoms with Crippen molar-refractivity contribution in [2.45, 2.75) is 6.36 Å². The summed E-state index contributed by atoms with van der Waals surface area (Å²) >= 11 is 2.04. The number of halogens is 4. The highest BCUT2D eigenvalue weighted by Crippen LogP contribution is 2.30. The summed E-state index contributed by atoms with van der Waals surface area (Å²) < 4.78 is 41.1. The topological polar surface area (TPSA) is 22.1 Å². The molecule has 0 saturated carbocycles. The van der Waals surface area contributed by atoms with Crippen molar-refractivity contribution in [1.82, 2.24) is 4.98 Å². The summed E-state index contributed by atoms with van der Waals surface area (Å²) in [6.07, 6.45) is -3.10. The lowest BCUT2D eigenvalue weighted by molar-refractivity contribution is -0.274. The normalized spacial score (nSPS) is 11.3. The van der Waals surface area contributed by atoms with Gasteiger partial charge in [0.15, 0.2) is 0 Å². The number of aromatic nitrogens is 1. The molecular weight excluding hydrogens is 358 g/mol. The van der Waals surface area contributed by atoms with E-state index in [1.807, 2.05) is 22.6 Å². The number of hydrogen-bond acceptors (Lipinski definition) is 2. The number of rotatable bonds is 2. The van der Waals surface area contributed by atoms with Gasteiger partial charge in [-0.1, -0.05) is 6.07 Å². The molecule has 1 aromatic carbocycles. The fourth-order valence-corrected chi connectivity index (χ4v) is 2.03. The Bertz CT molecular complexity index is 543. The Hall–Kier alpha value is -1.31. The van der Waals surface area contributed by atoms with Crippen molar-refractivity contribution < 1.29 is 17.9 Å². The second-order valence-corrected chi connectivity index (χ2v) is 4.57. The summed E-state index contributed by atoms with van der Waals surface area (Å²) in [5.74, 6) is -0.247. The fraction of sp³-hybridized carbons (Fsp3) is 0.0833. The lowest BCUT2D eigenvalue weighted by Gasteiger charge is -2.11. The molecule has 2 rings (SSSR count). The summed E-state index contributed by atoms with van der Waals surface area (Å²) in [6, 6.07) is 9.42. The SMILES string of the molecule is FC(F)(F)Oc1ccc(I)c(-c2ccccn2)c1. The van der Waals surface area contributed by atoms with E-state index in [0.29, 0.717) is 11.3 Å². The molecule has 18 heavy (non-hydrogen) atoms. The van der Waals surface area contributed by atoms with Crippen LogP contribution >= 0.6 is 22.6 Å². The molecule has 0 unspecified atom stereocenters. The first kappa shape index (κ1) is 13.1. The quantitative estimate of drug-likeness (QED) is 0.743. The van der Waals surface area contributed by atoms with Crippen molar-refractivity contribution in [2.75, 3.05) is 0 Å². The highest BCUT2D eigenvalue weighted by atomic mass is 127. The van der Waals surface area contributed by atoms with Gasteiger partial charge in [0.25, 0.3) is 0 Å². The smallest absolute Gasteiger partial charge is 0.406 e. The van der Waals surface area contributed by atoms with Crippen molar-refractivity contribution in [1.29, 1.82) is 0 Å². The van der Waals surface area contributed by atoms with E-state index in [4.69, 9.17) is 0 Å². The monoisotopic (exact) mass is 365 g/mol. The van der Waals surface area contributed by atoms with Crippen LogP contribution in [0.25, 0.3) is 11.3 Å². The Morgan fingerprint density at radius 3 is 2.50 bits per heavy atom. The summed E-state index contributed by atoms with van der Waals surface area (Å²) in [7, 11) is 0. The number of hydrogen-bond donors (Lipinski definition) is 0. The molecule has 0 aliphatic carbocycles. The van der Waals surface area contributed by atoms with Gasteiger partial charge in [-0.25, -0.2) is 0 Å². The van der Waals surface area contributed by atoms with Crippen molar-refractivity contribution in [3.63, 3.8) is 0 Å². The molecule has 94 valence electrons. The average Bonchev–Trinajstić information content (AvgIpc) is 2.31. The minimum Gasteiger partial charge on any atom is -0.406 e. The molecule has 0 aliphatic heterocycles. The van der Waals surface area contributed by atoms with Gasteiger partial charge in [-0.2, -0.15) is 0 Å². The number of benzene rings is 1. The summed E-state index contributed by atoms with van der Waals surface area (Å²) in [4.78, 5) is 4.11. The molecule has 0 spiro atoms. The number of pyridine rings is 1. The first-order valence-electron chi connectivity index (χ1n) is 4.92. The van der Waals surface area contributed by atoms with Gasteiger partial charge in [-0.05, 0) is 52.9 Å². The molecule has 2 aromatic rings. The maximum absolute atomic E-state index is 12.1. The van der Waals surface area contributed by atoms with Crippen LogP contribution < -0.4 is 4.74 Å². The van der Waals surface area contributed by atoms with Crippen molar-refractivity contribution >= 4 is 22.6 Å². The largest absolute Gasteiger partial charge is 0.573 e. The van der Waals surface area contributed by atoms with Crippen LogP contribution in [0, 0.1) is 3.57 Å². The zero-order valence-electron chi connectivity index (χ0n) is 8.91. The van der Waals surface area contributed by atoms with E-state index in [9.17, 15) is 13.2 Å². The molecule has 0 fully saturated rings. The Morgan fingerprint density at radius 1 is 1.11 bits per heavy atom. The molecule has 0 radical (unpaired) electrons. The van der Waals surface area contributed by atoms with Crippen molar-refractivity contribution in [3.8, 4) is 17.0 Å². The third-order valence-corrected chi connectivity index (χ3v) is 3.05. The second kappa shape index (κ2) is 5.13. The Balaban J connectivity index is 2.39. The van der Waals surface area contributed by atoms with Gasteiger partial charge < -0.3 is 4.74 Å². The molecule has 0 aliphatic rings. The van der Waals surface area contributed by atoms with E-state index >= 15 is 0 Å². The van der Waals surface area contributed by atoms with Crippen molar-refractivity contribution in [3.05, 3.63) is 46.2 Å². The van der Waals surface area contributed by atoms with Gasteiger partial charge in [-0.3, -0.25) is 4.98 Å². The van der Waals surface area contributed by atoms with Crippen LogP contribution in [0.4, 0.5) is 13.2 Å². The molecule has 0 saturated heterocycles. The van der Waals surface area contributed by atoms with E-state index in [1.54, 1.807) is 30.5 Å². The predicted molar refractivity (Wildman–Crippen MR) is 69.1 cm³/mol. The van der Waals surface area contributed by atoms with Crippen LogP contribution in [0.3, 0.4) is 0 Å². The highest BCUT2D eigenvalue weighted by Gasteiger charge is 2.31. The first-order chi connectivity index (χ1) is 8.46. The Morgan fingerprint density at radius 2 is 1.89 bits per heavy atom. The van der Waals surface area contributed by atoms with Gasteiger partial charge >= 0.3 is 6.36 Å². The summed E-state index contributed by atoms with van der Waals surface area (Å²) in [5.41, 5.74) is 1.22. The maximum atomic E-state index is 12.1. The fourth-order valence-electron chi connectivity index (χ4n) is 1.42.